The Bertz CT molecular complexity index is 305. The normalized spacial score (nSPS) is 13.3. The predicted octanol–water partition coefficient (Wildman–Crippen LogP) is -4.12. The van der Waals surface area contributed by atoms with Gasteiger partial charge in [0.25, 0.3) is 0 Å². The van der Waals surface area contributed by atoms with Crippen LogP contribution in [0.4, 0.5) is 0 Å². The Morgan fingerprint density at radius 3 is 2.31 bits per heavy atom. The quantitative estimate of drug-likeness (QED) is 0.440. The summed E-state index contributed by atoms with van der Waals surface area (Å²) >= 11 is -1.88. The number of amides is 1. The maximum absolute atomic E-state index is 11.1. The van der Waals surface area contributed by atoms with Crippen LogP contribution in [0.2, 0.25) is 13.1 Å². The van der Waals surface area contributed by atoms with Crippen molar-refractivity contribution in [1.82, 2.24) is 3.30 Å². The van der Waals surface area contributed by atoms with Gasteiger partial charge in [0.05, 0.1) is 0 Å². The molecule has 91 valence electrons. The summed E-state index contributed by atoms with van der Waals surface area (Å²) in [5.41, 5.74) is 1.38. The Morgan fingerprint density at radius 1 is 1.44 bits per heavy atom. The van der Waals surface area contributed by atoms with Gasteiger partial charge >= 0.3 is 95.3 Å². The van der Waals surface area contributed by atoms with E-state index >= 15 is 0 Å². The van der Waals surface area contributed by atoms with Crippen LogP contribution in [0.5, 0.6) is 0 Å². The van der Waals surface area contributed by atoms with Crippen molar-refractivity contribution in [3.8, 4) is 0 Å². The van der Waals surface area contributed by atoms with E-state index < -0.39 is 26.9 Å². The third-order valence-corrected chi connectivity index (χ3v) is 26.1. The van der Waals surface area contributed by atoms with Crippen LogP contribution in [0.15, 0.2) is 21.1 Å². The molecule has 0 aliphatic heterocycles. The van der Waals surface area contributed by atoms with Crippen LogP contribution in [0, 0.1) is 0 Å². The second-order valence-corrected chi connectivity index (χ2v) is 29.7. The standard InChI is InChI=1S/C6H7.C2H5NO.C2H7Si.2ClH.Hf/c1-6-4-2-3-5-6;1-2(3)4;1-3-2;;;/h4-5H,2H2,1H3;1H3,(H2,3,4);3H,1-2H3;2*1H;/q;;;;;+3/p-3. The number of nitrogens with one attached hydrogen (secondary N) is 1. The Labute approximate surface area is 119 Å². The third-order valence-electron chi connectivity index (χ3n) is 2.28. The zero-order chi connectivity index (χ0) is 10.7. The molecule has 1 aliphatic rings. The summed E-state index contributed by atoms with van der Waals surface area (Å²) < 4.78 is 4.88. The van der Waals surface area contributed by atoms with E-state index in [0.29, 0.717) is 0 Å². The van der Waals surface area contributed by atoms with Gasteiger partial charge < -0.3 is 24.8 Å². The van der Waals surface area contributed by atoms with Crippen molar-refractivity contribution in [2.24, 2.45) is 0 Å². The Morgan fingerprint density at radius 2 is 2.00 bits per heavy atom. The molecule has 0 fully saturated rings. The average Bonchev–Trinajstić information content (AvgIpc) is 2.46. The molecule has 16 heavy (non-hydrogen) atoms. The van der Waals surface area contributed by atoms with Crippen LogP contribution in [-0.2, 0) is 25.7 Å². The van der Waals surface area contributed by atoms with Gasteiger partial charge in [0.15, 0.2) is 0 Å². The van der Waals surface area contributed by atoms with E-state index in [9.17, 15) is 4.79 Å². The molecule has 0 saturated carbocycles. The van der Waals surface area contributed by atoms with E-state index in [4.69, 9.17) is 0 Å². The smallest absolute Gasteiger partial charge is 1.00 e. The van der Waals surface area contributed by atoms with Crippen molar-refractivity contribution >= 4 is 11.9 Å². The van der Waals surface area contributed by atoms with Crippen LogP contribution in [-0.4, -0.2) is 11.9 Å². The molecule has 0 unspecified atom stereocenters. The third kappa shape index (κ3) is 5.80. The molecule has 1 amide bonds. The predicted molar refractivity (Wildman–Crippen MR) is 59.2 cm³/mol. The van der Waals surface area contributed by atoms with Gasteiger partial charge in [0, 0.05) is 0 Å². The van der Waals surface area contributed by atoms with Crippen molar-refractivity contribution < 1.29 is 50.5 Å². The first kappa shape index (κ1) is 19.0. The molecular formula is C10H18Cl2HfNOSi. The van der Waals surface area contributed by atoms with Gasteiger partial charge in [0.2, 0.25) is 0 Å². The van der Waals surface area contributed by atoms with Gasteiger partial charge in [-0.15, -0.1) is 0 Å². The summed E-state index contributed by atoms with van der Waals surface area (Å²) in [5, 5.41) is 0. The first-order valence-corrected chi connectivity index (χ1v) is 17.7. The van der Waals surface area contributed by atoms with Gasteiger partial charge in [-0.3, -0.25) is 0 Å². The van der Waals surface area contributed by atoms with Gasteiger partial charge in [0.1, 0.15) is 0 Å². The fourth-order valence-corrected chi connectivity index (χ4v) is 21.6. The molecule has 0 spiro atoms. The number of carbonyl (C=O) groups excluding carboxylic acids is 1. The van der Waals surface area contributed by atoms with E-state index in [1.807, 2.05) is 0 Å². The van der Waals surface area contributed by atoms with E-state index in [2.05, 4.69) is 35.5 Å². The Hall–Kier alpha value is 0.617. The zero-order valence-electron chi connectivity index (χ0n) is 10.1. The average molecular weight is 446 g/mol. The van der Waals surface area contributed by atoms with Crippen molar-refractivity contribution in [3.63, 3.8) is 0 Å². The Kier molecular flexibility index (Phi) is 10.3. The molecule has 0 heterocycles. The molecular weight excluding hydrogens is 428 g/mol. The second kappa shape index (κ2) is 8.67. The van der Waals surface area contributed by atoms with Crippen LogP contribution in [0.1, 0.15) is 20.3 Å². The minimum Gasteiger partial charge on any atom is -1.00 e. The summed E-state index contributed by atoms with van der Waals surface area (Å²) in [7, 11) is 0. The molecule has 2 nitrogen and oxygen atoms in total. The van der Waals surface area contributed by atoms with Crippen molar-refractivity contribution in [1.29, 1.82) is 0 Å². The van der Waals surface area contributed by atoms with Crippen LogP contribution in [0.25, 0.3) is 0 Å². The van der Waals surface area contributed by atoms with E-state index in [1.54, 1.807) is 10.3 Å². The molecule has 1 aliphatic carbocycles. The molecule has 0 radical (unpaired) electrons. The number of hydrogen-bond acceptors (Lipinski definition) is 1. The molecule has 0 aromatic heterocycles. The molecule has 0 saturated heterocycles. The fraction of sp³-hybridized carbons (Fsp3) is 0.500. The minimum absolute atomic E-state index is 0. The number of rotatable bonds is 3. The molecule has 1 rings (SSSR count). The molecule has 0 atom stereocenters. The summed E-state index contributed by atoms with van der Waals surface area (Å²) in [6.45, 7) is 8.53. The molecule has 6 heteroatoms. The van der Waals surface area contributed by atoms with Gasteiger partial charge in [-0.2, -0.15) is 0 Å². The largest absolute Gasteiger partial charge is 1.00 e. The van der Waals surface area contributed by atoms with Crippen LogP contribution in [0.3, 0.4) is 0 Å². The van der Waals surface area contributed by atoms with Crippen molar-refractivity contribution in [3.05, 3.63) is 21.1 Å². The zero-order valence-corrected chi connectivity index (χ0v) is 16.4. The first-order chi connectivity index (χ1) is 6.50. The van der Waals surface area contributed by atoms with E-state index in [-0.39, 0.29) is 30.7 Å². The number of halogens is 2. The molecule has 0 aromatic rings. The molecule has 0 aromatic carbocycles. The number of hydrogen-bond donors (Lipinski definition) is 1. The second-order valence-electron chi connectivity index (χ2n) is 4.07. The first-order valence-electron chi connectivity index (χ1n) is 5.03. The summed E-state index contributed by atoms with van der Waals surface area (Å²) in [6.07, 6.45) is 5.70. The van der Waals surface area contributed by atoms with Crippen molar-refractivity contribution in [2.75, 3.05) is 0 Å². The SMILES string of the molecule is CC(=O)[NH][Hf+2]([C]1=CC(C)=CC1)[SiH](C)C.[Cl-].[Cl-]. The van der Waals surface area contributed by atoms with Crippen LogP contribution < -0.4 is 28.1 Å². The minimum atomic E-state index is -1.88. The topological polar surface area (TPSA) is 29.1 Å². The van der Waals surface area contributed by atoms with Gasteiger partial charge in [-0.1, -0.05) is 0 Å². The maximum atomic E-state index is 11.1. The van der Waals surface area contributed by atoms with E-state index in [1.165, 1.54) is 5.57 Å². The monoisotopic (exact) mass is 446 g/mol. The van der Waals surface area contributed by atoms with Gasteiger partial charge in [-0.05, 0) is 0 Å². The number of allylic oxidation sites excluding steroid dienone is 4. The molecule has 1 N–H and O–H groups in total. The summed E-state index contributed by atoms with van der Waals surface area (Å²) in [4.78, 5) is 11.1. The van der Waals surface area contributed by atoms with Crippen molar-refractivity contribution in [2.45, 2.75) is 33.4 Å². The molecule has 0 bridgehead atoms. The Balaban J connectivity index is 0. The van der Waals surface area contributed by atoms with E-state index in [0.717, 1.165) is 6.42 Å². The summed E-state index contributed by atoms with van der Waals surface area (Å²) in [5.74, 6) is -0.463. The van der Waals surface area contributed by atoms with Crippen LogP contribution >= 0.6 is 0 Å². The number of carbonyl (C=O) groups is 1. The van der Waals surface area contributed by atoms with Gasteiger partial charge in [-0.25, -0.2) is 0 Å². The maximum Gasteiger partial charge on any atom is -1.00 e. The summed E-state index contributed by atoms with van der Waals surface area (Å²) in [6, 6.07) is 0. The fourth-order valence-electron chi connectivity index (χ4n) is 1.64.